The van der Waals surface area contributed by atoms with E-state index in [2.05, 4.69) is 25.9 Å². The van der Waals surface area contributed by atoms with Crippen molar-refractivity contribution in [2.24, 2.45) is 17.6 Å². The predicted octanol–water partition coefficient (Wildman–Crippen LogP) is 6.80. The molecule has 0 unspecified atom stereocenters. The third-order valence-electron chi connectivity index (χ3n) is 13.7. The molecule has 1 saturated heterocycles. The molecule has 8 N–H and O–H groups in total. The normalized spacial score (nSPS) is 13.2. The molecular formula is C58H103N7O15. The van der Waals surface area contributed by atoms with Crippen LogP contribution in [-0.4, -0.2) is 163 Å². The topological polar surface area (TPSA) is 325 Å². The highest BCUT2D eigenvalue weighted by atomic mass is 16.5. The molecule has 22 heteroatoms. The maximum absolute atomic E-state index is 12.6. The van der Waals surface area contributed by atoms with Crippen LogP contribution in [0.4, 0.5) is 0 Å². The van der Waals surface area contributed by atoms with E-state index in [1.807, 2.05) is 11.8 Å². The van der Waals surface area contributed by atoms with Crippen molar-refractivity contribution in [2.45, 2.75) is 206 Å². The summed E-state index contributed by atoms with van der Waals surface area (Å²) in [5, 5.41) is 25.8. The molecule has 2 rings (SSSR count). The minimum Gasteiger partial charge on any atom is -0.481 e. The van der Waals surface area contributed by atoms with Gasteiger partial charge in [-0.05, 0) is 65.2 Å². The number of ketones is 2. The quantitative estimate of drug-likeness (QED) is 0.0330. The van der Waals surface area contributed by atoms with Crippen LogP contribution in [0.3, 0.4) is 0 Å². The zero-order valence-corrected chi connectivity index (χ0v) is 48.6. The first-order valence-corrected chi connectivity index (χ1v) is 29.8. The number of piperidine rings is 1. The molecule has 1 aromatic heterocycles. The van der Waals surface area contributed by atoms with E-state index in [-0.39, 0.29) is 69.3 Å². The number of aromatic amines is 1. The first-order chi connectivity index (χ1) is 38.7. The summed E-state index contributed by atoms with van der Waals surface area (Å²) in [6.45, 7) is 8.07. The maximum Gasteiger partial charge on any atom is 0.326 e. The van der Waals surface area contributed by atoms with Gasteiger partial charge in [0, 0.05) is 96.7 Å². The second kappa shape index (κ2) is 49.5. The van der Waals surface area contributed by atoms with Gasteiger partial charge in [0.2, 0.25) is 29.5 Å². The van der Waals surface area contributed by atoms with Gasteiger partial charge in [-0.1, -0.05) is 96.3 Å². The van der Waals surface area contributed by atoms with Gasteiger partial charge in [0.15, 0.2) is 5.78 Å². The molecule has 2 heterocycles. The van der Waals surface area contributed by atoms with Crippen LogP contribution in [0.1, 0.15) is 201 Å². The molecular weight excluding hydrogens is 1030 g/mol. The van der Waals surface area contributed by atoms with Crippen molar-refractivity contribution >= 4 is 53.0 Å². The molecule has 1 aliphatic heterocycles. The Hall–Kier alpha value is -5.32. The summed E-state index contributed by atoms with van der Waals surface area (Å²) in [5.41, 5.74) is 6.34. The van der Waals surface area contributed by atoms with E-state index in [9.17, 15) is 48.3 Å². The van der Waals surface area contributed by atoms with E-state index in [0.717, 1.165) is 44.2 Å². The molecule has 0 aliphatic carbocycles. The number of imidazole rings is 1. The average Bonchev–Trinajstić information content (AvgIpc) is 3.96. The molecule has 22 nitrogen and oxygen atoms in total. The van der Waals surface area contributed by atoms with Gasteiger partial charge in [0.25, 0.3) is 0 Å². The number of aromatic nitrogens is 2. The van der Waals surface area contributed by atoms with E-state index < -0.39 is 35.7 Å². The number of H-pyrrole nitrogens is 1. The van der Waals surface area contributed by atoms with Crippen molar-refractivity contribution in [3.63, 3.8) is 0 Å². The summed E-state index contributed by atoms with van der Waals surface area (Å²) >= 11 is 0. The monoisotopic (exact) mass is 1140 g/mol. The van der Waals surface area contributed by atoms with Crippen LogP contribution in [0, 0.1) is 11.8 Å². The molecule has 0 spiro atoms. The van der Waals surface area contributed by atoms with Crippen LogP contribution < -0.4 is 21.7 Å². The highest BCUT2D eigenvalue weighted by molar-refractivity contribution is 5.89. The number of aryl methyl sites for hydroxylation is 1. The lowest BCUT2D eigenvalue weighted by Gasteiger charge is -2.32. The number of primary amides is 1. The number of likely N-dealkylation sites (tertiary alicyclic amines) is 1. The molecule has 5 amide bonds. The Kier molecular flexibility index (Phi) is 45.0. The summed E-state index contributed by atoms with van der Waals surface area (Å²) in [6.07, 6.45) is 27.5. The van der Waals surface area contributed by atoms with Gasteiger partial charge >= 0.3 is 11.9 Å². The van der Waals surface area contributed by atoms with Gasteiger partial charge in [-0.15, -0.1) is 0 Å². The minimum atomic E-state index is -1.25. The van der Waals surface area contributed by atoms with Gasteiger partial charge in [0.1, 0.15) is 25.0 Å². The average molecular weight is 1140 g/mol. The van der Waals surface area contributed by atoms with Crippen molar-refractivity contribution in [1.82, 2.24) is 30.8 Å². The number of carbonyl (C=O) groups is 9. The Labute approximate surface area is 477 Å². The SMILES string of the molecule is CCNC(=O)C[C@@H](NC(=O)C1CCN(C(=O)CCCCCCCCCCCCCCCCCCC(=O)O)CC1)C(=O)O.CCOCCOCC(=O)CCCOCCOCC(=O)NCCCC[C@H](CC(=O)CCc1cnc[nH]1)C(N)=O.[HH]. The fourth-order valence-electron chi connectivity index (χ4n) is 9.01. The third kappa shape index (κ3) is 41.7. The number of aliphatic carboxylic acids is 2. The second-order valence-electron chi connectivity index (χ2n) is 20.6. The van der Waals surface area contributed by atoms with Crippen molar-refractivity contribution in [3.05, 3.63) is 18.2 Å². The van der Waals surface area contributed by atoms with Gasteiger partial charge in [-0.25, -0.2) is 9.78 Å². The van der Waals surface area contributed by atoms with E-state index in [4.69, 9.17) is 29.8 Å². The van der Waals surface area contributed by atoms with Gasteiger partial charge < -0.3 is 60.7 Å². The molecule has 0 saturated carbocycles. The van der Waals surface area contributed by atoms with Crippen molar-refractivity contribution < 1.29 is 73.7 Å². The number of carbonyl (C=O) groups excluding carboxylic acids is 7. The highest BCUT2D eigenvalue weighted by Gasteiger charge is 2.31. The molecule has 0 radical (unpaired) electrons. The largest absolute Gasteiger partial charge is 0.481 e. The smallest absolute Gasteiger partial charge is 0.326 e. The van der Waals surface area contributed by atoms with Crippen molar-refractivity contribution in [2.75, 3.05) is 79.0 Å². The Bertz CT molecular complexity index is 1850. The number of Topliss-reactive ketones (excluding diaryl/α,β-unsaturated/α-hetero) is 2. The zero-order valence-electron chi connectivity index (χ0n) is 48.6. The number of carboxylic acid groups (broad SMARTS) is 2. The number of nitrogens with two attached hydrogens (primary N) is 1. The molecule has 460 valence electrons. The van der Waals surface area contributed by atoms with Crippen LogP contribution in [0.25, 0.3) is 0 Å². The Balaban J connectivity index is 0.00000157. The molecule has 1 aromatic rings. The maximum atomic E-state index is 12.6. The number of unbranched alkanes of at least 4 members (excludes halogenated alkanes) is 16. The number of carboxylic acids is 2. The van der Waals surface area contributed by atoms with E-state index in [1.54, 1.807) is 19.4 Å². The van der Waals surface area contributed by atoms with Crippen LogP contribution in [0.2, 0.25) is 0 Å². The summed E-state index contributed by atoms with van der Waals surface area (Å²) in [7, 11) is 0. The Morgan fingerprint density at radius 3 is 1.77 bits per heavy atom. The van der Waals surface area contributed by atoms with Gasteiger partial charge in [0.05, 0.1) is 39.2 Å². The molecule has 2 atom stereocenters. The number of amides is 5. The van der Waals surface area contributed by atoms with Crippen molar-refractivity contribution in [1.29, 1.82) is 0 Å². The number of rotatable bonds is 51. The summed E-state index contributed by atoms with van der Waals surface area (Å²) in [5.74, 6) is -4.11. The number of hydrogen-bond donors (Lipinski definition) is 7. The molecule has 1 fully saturated rings. The third-order valence-corrected chi connectivity index (χ3v) is 13.7. The number of ether oxygens (including phenoxy) is 4. The fraction of sp³-hybridized carbons (Fsp3) is 0.793. The first kappa shape index (κ1) is 72.7. The Morgan fingerprint density at radius 1 is 0.650 bits per heavy atom. The summed E-state index contributed by atoms with van der Waals surface area (Å²) in [6, 6.07) is -1.25. The number of hydrogen-bond acceptors (Lipinski definition) is 14. The summed E-state index contributed by atoms with van der Waals surface area (Å²) in [4.78, 5) is 115. The first-order valence-electron chi connectivity index (χ1n) is 29.8. The van der Waals surface area contributed by atoms with E-state index in [1.165, 1.54) is 64.2 Å². The predicted molar refractivity (Wildman–Crippen MR) is 304 cm³/mol. The molecule has 1 aliphatic rings. The van der Waals surface area contributed by atoms with Crippen LogP contribution in [0.5, 0.6) is 0 Å². The summed E-state index contributed by atoms with van der Waals surface area (Å²) < 4.78 is 21.0. The van der Waals surface area contributed by atoms with Gasteiger partial charge in [-0.2, -0.15) is 0 Å². The lowest BCUT2D eigenvalue weighted by atomic mass is 9.94. The number of nitrogens with one attached hydrogen (secondary N) is 4. The van der Waals surface area contributed by atoms with Crippen LogP contribution in [-0.2, 0) is 68.5 Å². The lowest BCUT2D eigenvalue weighted by molar-refractivity contribution is -0.144. The molecule has 80 heavy (non-hydrogen) atoms. The molecule has 0 bridgehead atoms. The van der Waals surface area contributed by atoms with Crippen molar-refractivity contribution in [3.8, 4) is 0 Å². The standard InChI is InChI=1S/C32H57N3O7.C26H44N4O8.H2/c1-2-33-28(36)25-27(32(41)42)34-31(40)26-21-23-35(24-22-26)29(37)19-17-15-13-11-9-7-5-3-4-6-8-10-12-14-16-18-20-30(38)39;1-2-35-12-14-37-18-24(32)7-5-11-36-13-15-38-19-25(33)29-10-4-3-6-21(26(27)34)16-23(31)9-8-22-17-28-20-30-22;/h26-27H,2-25H2,1H3,(H,33,36)(H,34,40)(H,38,39)(H,41,42);17,20-21H,2-16,18-19H2,1H3,(H2,27,34)(H,28,30)(H,29,33);1H/t27-;21-;/m11./s1. The molecule has 0 aromatic carbocycles. The zero-order chi connectivity index (χ0) is 58.9. The van der Waals surface area contributed by atoms with E-state index >= 15 is 0 Å². The van der Waals surface area contributed by atoms with Gasteiger partial charge in [-0.3, -0.25) is 38.4 Å². The minimum absolute atomic E-state index is 0. The van der Waals surface area contributed by atoms with Crippen LogP contribution in [0.15, 0.2) is 12.5 Å². The second-order valence-corrected chi connectivity index (χ2v) is 20.6. The van der Waals surface area contributed by atoms with Crippen LogP contribution >= 0.6 is 0 Å². The lowest BCUT2D eigenvalue weighted by Crippen LogP contribution is -2.49. The Morgan fingerprint density at radius 2 is 1.23 bits per heavy atom. The fourth-order valence-corrected chi connectivity index (χ4v) is 9.01. The van der Waals surface area contributed by atoms with E-state index in [0.29, 0.717) is 130 Å². The number of nitrogens with zero attached hydrogens (tertiary/aromatic N) is 2. The highest BCUT2D eigenvalue weighted by Crippen LogP contribution is 2.21.